The Kier molecular flexibility index (Phi) is 5.02. The summed E-state index contributed by atoms with van der Waals surface area (Å²) in [5.41, 5.74) is 1.51. The summed E-state index contributed by atoms with van der Waals surface area (Å²) in [6.45, 7) is 0. The second-order valence-electron chi connectivity index (χ2n) is 5.72. The summed E-state index contributed by atoms with van der Waals surface area (Å²) >= 11 is 0. The topological polar surface area (TPSA) is 46.2 Å². The van der Waals surface area contributed by atoms with Crippen LogP contribution in [0.4, 0.5) is 5.69 Å². The summed E-state index contributed by atoms with van der Waals surface area (Å²) in [5.74, 6) is 0.0146. The van der Waals surface area contributed by atoms with Crippen molar-refractivity contribution in [2.75, 3.05) is 5.32 Å². The zero-order chi connectivity index (χ0) is 16.8. The molecule has 3 rings (SSSR count). The predicted molar refractivity (Wildman–Crippen MR) is 97.2 cm³/mol. The molecule has 3 nitrogen and oxygen atoms in total. The molecule has 3 aromatic carbocycles. The molecule has 24 heavy (non-hydrogen) atoms. The van der Waals surface area contributed by atoms with Gasteiger partial charge in [-0.1, -0.05) is 66.7 Å². The van der Waals surface area contributed by atoms with E-state index in [2.05, 4.69) is 5.32 Å². The van der Waals surface area contributed by atoms with Crippen LogP contribution in [0.1, 0.15) is 29.6 Å². The first kappa shape index (κ1) is 15.9. The lowest BCUT2D eigenvalue weighted by Gasteiger charge is -2.08. The fraction of sp³-hybridized carbons (Fsp3) is 0.143. The molecule has 0 fully saturated rings. The Bertz CT molecular complexity index is 851. The first-order valence-corrected chi connectivity index (χ1v) is 8.10. The molecule has 0 saturated carbocycles. The van der Waals surface area contributed by atoms with Gasteiger partial charge in [-0.2, -0.15) is 0 Å². The van der Waals surface area contributed by atoms with Crippen molar-refractivity contribution in [2.24, 2.45) is 0 Å². The quantitative estimate of drug-likeness (QED) is 0.662. The summed E-state index contributed by atoms with van der Waals surface area (Å²) in [4.78, 5) is 24.2. The predicted octanol–water partition coefficient (Wildman–Crippen LogP) is 4.83. The number of carbonyl (C=O) groups excluding carboxylic acids is 2. The van der Waals surface area contributed by atoms with Crippen LogP contribution in [0.5, 0.6) is 0 Å². The van der Waals surface area contributed by atoms with E-state index in [1.54, 1.807) is 12.1 Å². The number of hydrogen-bond donors (Lipinski definition) is 1. The van der Waals surface area contributed by atoms with Crippen LogP contribution in [-0.2, 0) is 4.79 Å². The van der Waals surface area contributed by atoms with Crippen LogP contribution < -0.4 is 5.32 Å². The summed E-state index contributed by atoms with van der Waals surface area (Å²) < 4.78 is 0. The van der Waals surface area contributed by atoms with Gasteiger partial charge in [-0.25, -0.2) is 0 Å². The maximum absolute atomic E-state index is 12.2. The number of Topliss-reactive ketones (excluding diaryl/α,β-unsaturated/α-hetero) is 1. The van der Waals surface area contributed by atoms with E-state index in [1.807, 2.05) is 60.7 Å². The van der Waals surface area contributed by atoms with Gasteiger partial charge in [0.25, 0.3) is 0 Å². The molecular weight excluding hydrogens is 298 g/mol. The molecule has 0 unspecified atom stereocenters. The van der Waals surface area contributed by atoms with Crippen LogP contribution in [-0.4, -0.2) is 11.7 Å². The number of rotatable bonds is 6. The maximum Gasteiger partial charge on any atom is 0.224 e. The van der Waals surface area contributed by atoms with Gasteiger partial charge in [0.2, 0.25) is 5.91 Å². The molecule has 0 aliphatic rings. The lowest BCUT2D eigenvalue weighted by molar-refractivity contribution is -0.116. The molecule has 3 aromatic rings. The Morgan fingerprint density at radius 2 is 1.46 bits per heavy atom. The Balaban J connectivity index is 1.55. The van der Waals surface area contributed by atoms with Gasteiger partial charge in [-0.3, -0.25) is 9.59 Å². The highest BCUT2D eigenvalue weighted by atomic mass is 16.1. The molecule has 120 valence electrons. The van der Waals surface area contributed by atoms with Gasteiger partial charge in [0.15, 0.2) is 5.78 Å². The van der Waals surface area contributed by atoms with Crippen molar-refractivity contribution in [3.63, 3.8) is 0 Å². The average Bonchev–Trinajstić information content (AvgIpc) is 2.63. The van der Waals surface area contributed by atoms with E-state index in [4.69, 9.17) is 0 Å². The Hall–Kier alpha value is -2.94. The highest BCUT2D eigenvalue weighted by Crippen LogP contribution is 2.23. The van der Waals surface area contributed by atoms with Crippen molar-refractivity contribution < 1.29 is 9.59 Å². The third kappa shape index (κ3) is 3.87. The Morgan fingerprint density at radius 1 is 0.750 bits per heavy atom. The van der Waals surface area contributed by atoms with Crippen LogP contribution in [0.3, 0.4) is 0 Å². The van der Waals surface area contributed by atoms with E-state index in [0.29, 0.717) is 24.8 Å². The van der Waals surface area contributed by atoms with Crippen molar-refractivity contribution in [1.29, 1.82) is 0 Å². The minimum Gasteiger partial charge on any atom is -0.326 e. The molecule has 1 N–H and O–H groups in total. The molecule has 0 saturated heterocycles. The van der Waals surface area contributed by atoms with Crippen molar-refractivity contribution in [2.45, 2.75) is 19.3 Å². The molecule has 0 spiro atoms. The van der Waals surface area contributed by atoms with E-state index < -0.39 is 0 Å². The molecular formula is C21H19NO2. The second kappa shape index (κ2) is 7.55. The number of benzene rings is 3. The molecule has 3 heteroatoms. The third-order valence-electron chi connectivity index (χ3n) is 3.97. The lowest BCUT2D eigenvalue weighted by atomic mass is 10.1. The fourth-order valence-electron chi connectivity index (χ4n) is 2.72. The largest absolute Gasteiger partial charge is 0.326 e. The molecule has 0 aromatic heterocycles. The van der Waals surface area contributed by atoms with E-state index in [-0.39, 0.29) is 11.7 Å². The zero-order valence-corrected chi connectivity index (χ0v) is 13.4. The summed E-state index contributed by atoms with van der Waals surface area (Å²) in [6.07, 6.45) is 1.26. The van der Waals surface area contributed by atoms with Crippen molar-refractivity contribution in [3.05, 3.63) is 78.4 Å². The normalized spacial score (nSPS) is 10.5. The molecule has 0 aliphatic carbocycles. The average molecular weight is 317 g/mol. The van der Waals surface area contributed by atoms with Crippen LogP contribution >= 0.6 is 0 Å². The van der Waals surface area contributed by atoms with Gasteiger partial charge in [0.1, 0.15) is 0 Å². The maximum atomic E-state index is 12.2. The van der Waals surface area contributed by atoms with Crippen LogP contribution in [0, 0.1) is 0 Å². The fourth-order valence-corrected chi connectivity index (χ4v) is 2.72. The first-order valence-electron chi connectivity index (χ1n) is 8.10. The van der Waals surface area contributed by atoms with Gasteiger partial charge in [0, 0.05) is 29.5 Å². The summed E-state index contributed by atoms with van der Waals surface area (Å²) in [6, 6.07) is 23.0. The summed E-state index contributed by atoms with van der Waals surface area (Å²) in [7, 11) is 0. The van der Waals surface area contributed by atoms with Crippen molar-refractivity contribution >= 4 is 28.2 Å². The minimum atomic E-state index is -0.0628. The monoisotopic (exact) mass is 317 g/mol. The molecule has 0 atom stereocenters. The smallest absolute Gasteiger partial charge is 0.224 e. The SMILES string of the molecule is O=C(CCCC(=O)c1ccccc1)Nc1cccc2ccccc12. The third-order valence-corrected chi connectivity index (χ3v) is 3.97. The molecule has 1 amide bonds. The van der Waals surface area contributed by atoms with Crippen molar-refractivity contribution in [1.82, 2.24) is 0 Å². The van der Waals surface area contributed by atoms with E-state index in [9.17, 15) is 9.59 Å². The first-order chi connectivity index (χ1) is 11.7. The van der Waals surface area contributed by atoms with Crippen molar-refractivity contribution in [3.8, 4) is 0 Å². The van der Waals surface area contributed by atoms with Gasteiger partial charge < -0.3 is 5.32 Å². The highest BCUT2D eigenvalue weighted by molar-refractivity contribution is 6.02. The number of anilines is 1. The number of nitrogens with one attached hydrogen (secondary N) is 1. The minimum absolute atomic E-state index is 0.0628. The summed E-state index contributed by atoms with van der Waals surface area (Å²) in [5, 5.41) is 5.06. The van der Waals surface area contributed by atoms with Gasteiger partial charge in [-0.15, -0.1) is 0 Å². The molecule has 0 heterocycles. The number of fused-ring (bicyclic) bond motifs is 1. The standard InChI is InChI=1S/C21H19NO2/c23-20(17-9-2-1-3-10-17)14-7-15-21(24)22-19-13-6-11-16-8-4-5-12-18(16)19/h1-6,8-13H,7,14-15H2,(H,22,24). The number of amides is 1. The number of carbonyl (C=O) groups is 2. The van der Waals surface area contributed by atoms with Crippen LogP contribution in [0.25, 0.3) is 10.8 Å². The van der Waals surface area contributed by atoms with Crippen LogP contribution in [0.2, 0.25) is 0 Å². The number of ketones is 1. The van der Waals surface area contributed by atoms with Gasteiger partial charge >= 0.3 is 0 Å². The Morgan fingerprint density at radius 3 is 2.29 bits per heavy atom. The lowest BCUT2D eigenvalue weighted by Crippen LogP contribution is -2.12. The second-order valence-corrected chi connectivity index (χ2v) is 5.72. The van der Waals surface area contributed by atoms with Crippen LogP contribution in [0.15, 0.2) is 72.8 Å². The molecule has 0 radical (unpaired) electrons. The van der Waals surface area contributed by atoms with E-state index in [1.165, 1.54) is 0 Å². The Labute approximate surface area is 141 Å². The molecule has 0 aliphatic heterocycles. The highest BCUT2D eigenvalue weighted by Gasteiger charge is 2.08. The van der Waals surface area contributed by atoms with E-state index >= 15 is 0 Å². The van der Waals surface area contributed by atoms with Gasteiger partial charge in [0.05, 0.1) is 0 Å². The zero-order valence-electron chi connectivity index (χ0n) is 13.4. The van der Waals surface area contributed by atoms with E-state index in [0.717, 1.165) is 16.5 Å². The number of hydrogen-bond acceptors (Lipinski definition) is 2. The molecule has 0 bridgehead atoms. The van der Waals surface area contributed by atoms with Gasteiger partial charge in [-0.05, 0) is 17.9 Å².